The van der Waals surface area contributed by atoms with Crippen molar-refractivity contribution < 1.29 is 80.2 Å². The van der Waals surface area contributed by atoms with Gasteiger partial charge in [-0.15, -0.1) is 0 Å². The third-order valence-electron chi connectivity index (χ3n) is 19.3. The SMILES string of the molecule is CCCCCCCCCCCCCCCCCCCCCCCC(=O)O[C@H](COC(=O)CCCCCCCCCCCCCCCCCCCCC)COP(=O)(O)OC[C@@H](O)COP(=O)(O)OC[C@@H](COC(=O)CCCCCCCCC)OC(=O)CCCCCCCCCCCCCC(C)C. The van der Waals surface area contributed by atoms with E-state index in [1.165, 1.54) is 250 Å². The average Bonchev–Trinajstić information content (AvgIpc) is 0.930. The molecule has 0 aromatic heterocycles. The maximum atomic E-state index is 13.1. The number of carbonyl (C=O) groups is 4. The Morgan fingerprint density at radius 2 is 0.455 bits per heavy atom. The Bertz CT molecular complexity index is 1930. The standard InChI is InChI=1S/C82H160O17P2/c1-6-9-12-15-18-20-22-24-26-28-30-31-33-35-37-39-43-47-52-57-62-67-81(86)99-78(72-93-80(85)66-61-56-51-46-42-38-36-34-32-29-27-25-23-21-19-16-13-10-7-2)74-97-101(90,91)95-70-76(83)69-94-100(88,89)96-73-77(71-92-79(84)65-60-55-49-17-14-11-8-3)98-82(87)68-63-58-53-48-44-40-41-45-50-54-59-64-75(4)5/h75-78,83H,6-74H2,1-5H3,(H,88,89)(H,90,91)/t76-,77+,78+/m0/s1. The van der Waals surface area contributed by atoms with Gasteiger partial charge in [0.2, 0.25) is 0 Å². The molecular weight excluding hydrogens is 1320 g/mol. The van der Waals surface area contributed by atoms with Gasteiger partial charge in [-0.2, -0.15) is 0 Å². The lowest BCUT2D eigenvalue weighted by Crippen LogP contribution is -2.30. The number of aliphatic hydroxyl groups excluding tert-OH is 1. The van der Waals surface area contributed by atoms with Gasteiger partial charge in [-0.3, -0.25) is 37.3 Å². The van der Waals surface area contributed by atoms with Crippen LogP contribution in [-0.2, 0) is 65.4 Å². The number of carbonyl (C=O) groups excluding carboxylic acids is 4. The molecule has 0 saturated carbocycles. The largest absolute Gasteiger partial charge is 0.472 e. The van der Waals surface area contributed by atoms with Crippen LogP contribution in [0, 0.1) is 5.92 Å². The summed E-state index contributed by atoms with van der Waals surface area (Å²) in [4.78, 5) is 72.9. The van der Waals surface area contributed by atoms with Gasteiger partial charge in [0.05, 0.1) is 26.4 Å². The number of hydrogen-bond acceptors (Lipinski definition) is 15. The molecule has 3 N–H and O–H groups in total. The first-order valence-corrected chi connectivity index (χ1v) is 45.6. The summed E-state index contributed by atoms with van der Waals surface area (Å²) >= 11 is 0. The van der Waals surface area contributed by atoms with Gasteiger partial charge >= 0.3 is 39.5 Å². The molecule has 17 nitrogen and oxygen atoms in total. The molecule has 0 saturated heterocycles. The molecule has 0 rings (SSSR count). The van der Waals surface area contributed by atoms with Gasteiger partial charge in [0.1, 0.15) is 19.3 Å². The number of rotatable bonds is 82. The highest BCUT2D eigenvalue weighted by Crippen LogP contribution is 2.45. The van der Waals surface area contributed by atoms with Crippen molar-refractivity contribution in [1.82, 2.24) is 0 Å². The number of aliphatic hydroxyl groups is 1. The van der Waals surface area contributed by atoms with E-state index in [1.807, 2.05) is 0 Å². The van der Waals surface area contributed by atoms with Crippen LogP contribution in [0.2, 0.25) is 0 Å². The fraction of sp³-hybridized carbons (Fsp3) is 0.951. The van der Waals surface area contributed by atoms with E-state index in [0.717, 1.165) is 109 Å². The highest BCUT2D eigenvalue weighted by atomic mass is 31.2. The molecule has 0 aliphatic carbocycles. The van der Waals surface area contributed by atoms with E-state index >= 15 is 0 Å². The second-order valence-corrected chi connectivity index (χ2v) is 32.9. The zero-order valence-corrected chi connectivity index (χ0v) is 67.8. The predicted octanol–water partition coefficient (Wildman–Crippen LogP) is 24.8. The molecule has 19 heteroatoms. The van der Waals surface area contributed by atoms with Crippen LogP contribution in [0.15, 0.2) is 0 Å². The maximum Gasteiger partial charge on any atom is 0.472 e. The highest BCUT2D eigenvalue weighted by Gasteiger charge is 2.30. The van der Waals surface area contributed by atoms with E-state index in [1.54, 1.807) is 0 Å². The van der Waals surface area contributed by atoms with Crippen LogP contribution in [0.25, 0.3) is 0 Å². The smallest absolute Gasteiger partial charge is 0.462 e. The quantitative estimate of drug-likeness (QED) is 0.0222. The van der Waals surface area contributed by atoms with Gasteiger partial charge in [0.25, 0.3) is 0 Å². The van der Waals surface area contributed by atoms with Gasteiger partial charge in [0.15, 0.2) is 12.2 Å². The van der Waals surface area contributed by atoms with Crippen molar-refractivity contribution in [2.24, 2.45) is 5.92 Å². The summed E-state index contributed by atoms with van der Waals surface area (Å²) in [6.45, 7) is 7.29. The second-order valence-electron chi connectivity index (χ2n) is 30.0. The number of unbranched alkanes of at least 4 members (excludes halogenated alkanes) is 54. The average molecular weight is 1480 g/mol. The van der Waals surface area contributed by atoms with E-state index < -0.39 is 97.5 Å². The van der Waals surface area contributed by atoms with E-state index in [0.29, 0.717) is 25.7 Å². The van der Waals surface area contributed by atoms with Crippen LogP contribution < -0.4 is 0 Å². The molecule has 101 heavy (non-hydrogen) atoms. The molecule has 0 aromatic rings. The Morgan fingerprint density at radius 1 is 0.267 bits per heavy atom. The monoisotopic (exact) mass is 1480 g/mol. The summed E-state index contributed by atoms with van der Waals surface area (Å²) in [6.07, 6.45) is 66.9. The number of phosphoric acid groups is 2. The summed E-state index contributed by atoms with van der Waals surface area (Å²) in [5.41, 5.74) is 0. The molecule has 2 unspecified atom stereocenters. The topological polar surface area (TPSA) is 237 Å². The molecule has 0 radical (unpaired) electrons. The fourth-order valence-electron chi connectivity index (χ4n) is 12.8. The molecule has 0 bridgehead atoms. The van der Waals surface area contributed by atoms with Crippen molar-refractivity contribution in [3.8, 4) is 0 Å². The van der Waals surface area contributed by atoms with Crippen molar-refractivity contribution in [2.75, 3.05) is 39.6 Å². The molecule has 0 aliphatic heterocycles. The summed E-state index contributed by atoms with van der Waals surface area (Å²) in [7, 11) is -9.91. The molecule has 5 atom stereocenters. The van der Waals surface area contributed by atoms with Crippen molar-refractivity contribution in [2.45, 2.75) is 457 Å². The number of ether oxygens (including phenoxy) is 4. The van der Waals surface area contributed by atoms with E-state index in [9.17, 15) is 43.2 Å². The van der Waals surface area contributed by atoms with Crippen molar-refractivity contribution in [3.05, 3.63) is 0 Å². The number of phosphoric ester groups is 2. The Hall–Kier alpha value is -1.94. The molecule has 0 fully saturated rings. The van der Waals surface area contributed by atoms with Gasteiger partial charge in [0, 0.05) is 25.7 Å². The van der Waals surface area contributed by atoms with Gasteiger partial charge in [-0.05, 0) is 31.6 Å². The first kappa shape index (κ1) is 99.1. The van der Waals surface area contributed by atoms with Crippen LogP contribution in [-0.4, -0.2) is 96.7 Å². The number of hydrogen-bond donors (Lipinski definition) is 3. The van der Waals surface area contributed by atoms with Gasteiger partial charge in [-0.25, -0.2) is 9.13 Å². The van der Waals surface area contributed by atoms with Gasteiger partial charge < -0.3 is 33.8 Å². The molecule has 0 aliphatic rings. The first-order valence-electron chi connectivity index (χ1n) is 42.6. The molecule has 0 spiro atoms. The lowest BCUT2D eigenvalue weighted by atomic mass is 10.0. The predicted molar refractivity (Wildman–Crippen MR) is 414 cm³/mol. The summed E-state index contributed by atoms with van der Waals surface area (Å²) in [6, 6.07) is 0. The Kier molecular flexibility index (Phi) is 73.5. The zero-order chi connectivity index (χ0) is 74.1. The van der Waals surface area contributed by atoms with E-state index in [4.69, 9.17) is 37.0 Å². The third-order valence-corrected chi connectivity index (χ3v) is 21.2. The van der Waals surface area contributed by atoms with Crippen molar-refractivity contribution in [3.63, 3.8) is 0 Å². The molecule has 600 valence electrons. The minimum absolute atomic E-state index is 0.107. The van der Waals surface area contributed by atoms with Crippen LogP contribution in [0.5, 0.6) is 0 Å². The second kappa shape index (κ2) is 74.9. The summed E-state index contributed by atoms with van der Waals surface area (Å²) < 4.78 is 68.6. The van der Waals surface area contributed by atoms with Gasteiger partial charge in [-0.1, -0.05) is 388 Å². The fourth-order valence-corrected chi connectivity index (χ4v) is 14.3. The third kappa shape index (κ3) is 76.1. The molecule has 0 aromatic carbocycles. The Labute approximate surface area is 619 Å². The first-order chi connectivity index (χ1) is 49.0. The lowest BCUT2D eigenvalue weighted by molar-refractivity contribution is -0.161. The normalized spacial score (nSPS) is 13.8. The Balaban J connectivity index is 5.16. The summed E-state index contributed by atoms with van der Waals surface area (Å²) in [5.74, 6) is -1.35. The molecular formula is C82H160O17P2. The minimum Gasteiger partial charge on any atom is -0.462 e. The molecule has 0 heterocycles. The molecule has 0 amide bonds. The summed E-state index contributed by atoms with van der Waals surface area (Å²) in [5, 5.41) is 10.6. The van der Waals surface area contributed by atoms with E-state index in [-0.39, 0.29) is 25.7 Å². The number of esters is 4. The Morgan fingerprint density at radius 3 is 0.673 bits per heavy atom. The minimum atomic E-state index is -4.96. The zero-order valence-electron chi connectivity index (χ0n) is 66.1. The van der Waals surface area contributed by atoms with E-state index in [2.05, 4.69) is 34.6 Å². The van der Waals surface area contributed by atoms with Crippen LogP contribution >= 0.6 is 15.6 Å². The maximum absolute atomic E-state index is 13.1. The van der Waals surface area contributed by atoms with Crippen LogP contribution in [0.4, 0.5) is 0 Å². The van der Waals surface area contributed by atoms with Crippen LogP contribution in [0.1, 0.15) is 439 Å². The highest BCUT2D eigenvalue weighted by molar-refractivity contribution is 7.47. The van der Waals surface area contributed by atoms with Crippen molar-refractivity contribution in [1.29, 1.82) is 0 Å². The van der Waals surface area contributed by atoms with Crippen molar-refractivity contribution >= 4 is 39.5 Å². The lowest BCUT2D eigenvalue weighted by Gasteiger charge is -2.21. The van der Waals surface area contributed by atoms with Crippen LogP contribution in [0.3, 0.4) is 0 Å².